The first-order valence-electron chi connectivity index (χ1n) is 3.90. The van der Waals surface area contributed by atoms with Crippen LogP contribution < -0.4 is 18.9 Å². The summed E-state index contributed by atoms with van der Waals surface area (Å²) in [5.41, 5.74) is 0. The summed E-state index contributed by atoms with van der Waals surface area (Å²) in [5.74, 6) is -5.25. The van der Waals surface area contributed by atoms with Crippen LogP contribution in [0.4, 0.5) is 9.41 Å². The van der Waals surface area contributed by atoms with Crippen LogP contribution >= 0.6 is 0 Å². The summed E-state index contributed by atoms with van der Waals surface area (Å²) in [6.07, 6.45) is -1.61. The molecule has 0 heterocycles. The molecule has 0 fully saturated rings. The fraction of sp³-hybridized carbons (Fsp3) is 0.333. The van der Waals surface area contributed by atoms with Crippen molar-refractivity contribution >= 4 is 31.2 Å². The standard InChI is InChI=1S/2C3H4O4.BH3O3.2FH.Li.H/c2*4-2(5)1-3(6)7;2-1(3)4;;;;/h2*1H2,(H,4,5)(H,6,7);2-4H;2*1H;;/q;;;;;+1;-1. The fourth-order valence-corrected chi connectivity index (χ4v) is 0.259. The van der Waals surface area contributed by atoms with Crippen molar-refractivity contribution in [3.05, 3.63) is 0 Å². The van der Waals surface area contributed by atoms with E-state index in [1.54, 1.807) is 0 Å². The van der Waals surface area contributed by atoms with Crippen LogP contribution in [0, 0.1) is 0 Å². The molecule has 0 bridgehead atoms. The third-order valence-electron chi connectivity index (χ3n) is 0.605. The van der Waals surface area contributed by atoms with Gasteiger partial charge in [-0.05, 0) is 0 Å². The topological polar surface area (TPSA) is 210 Å². The molecule has 11 nitrogen and oxygen atoms in total. The minimum atomic E-state index is -2.17. The zero-order valence-electron chi connectivity index (χ0n) is 11.6. The Morgan fingerprint density at radius 1 is 0.667 bits per heavy atom. The molecule has 21 heavy (non-hydrogen) atoms. The Kier molecular flexibility index (Phi) is 40.7. The van der Waals surface area contributed by atoms with Crippen molar-refractivity contribution in [2.24, 2.45) is 0 Å². The first-order chi connectivity index (χ1) is 7.98. The molecular weight excluding hydrogens is 304 g/mol. The van der Waals surface area contributed by atoms with Gasteiger partial charge in [0.05, 0.1) is 0 Å². The normalized spacial score (nSPS) is 6.62. The van der Waals surface area contributed by atoms with Gasteiger partial charge in [-0.3, -0.25) is 28.6 Å². The Labute approximate surface area is 129 Å². The summed E-state index contributed by atoms with van der Waals surface area (Å²) < 4.78 is 0. The number of carbonyl (C=O) groups is 4. The zero-order valence-corrected chi connectivity index (χ0v) is 10.6. The quantitative estimate of drug-likeness (QED) is 0.192. The Hall–Kier alpha value is -1.72. The predicted molar refractivity (Wildman–Crippen MR) is 58.3 cm³/mol. The molecule has 7 N–H and O–H groups in total. The summed E-state index contributed by atoms with van der Waals surface area (Å²) in [5, 5.41) is 52.3. The molecule has 0 atom stereocenters. The number of carboxylic acid groups (broad SMARTS) is 4. The monoisotopic (exact) mass is 318 g/mol. The molecule has 0 aromatic rings. The van der Waals surface area contributed by atoms with Crippen LogP contribution in [-0.2, 0) is 19.2 Å². The van der Waals surface area contributed by atoms with Gasteiger partial charge in [-0.1, -0.05) is 0 Å². The van der Waals surface area contributed by atoms with Gasteiger partial charge in [0.15, 0.2) is 0 Å². The van der Waals surface area contributed by atoms with Gasteiger partial charge in [0.1, 0.15) is 12.8 Å². The average Bonchev–Trinajstić information content (AvgIpc) is 1.96. The Morgan fingerprint density at radius 3 is 0.762 bits per heavy atom. The van der Waals surface area contributed by atoms with E-state index in [0.717, 1.165) is 0 Å². The number of carboxylic acids is 4. The molecule has 0 unspecified atom stereocenters. The molecule has 122 valence electrons. The van der Waals surface area contributed by atoms with E-state index in [1.807, 2.05) is 0 Å². The third kappa shape index (κ3) is 123. The van der Waals surface area contributed by atoms with Crippen molar-refractivity contribution in [3.8, 4) is 0 Å². The van der Waals surface area contributed by atoms with E-state index in [0.29, 0.717) is 0 Å². The molecule has 0 aliphatic carbocycles. The Morgan fingerprint density at radius 2 is 0.762 bits per heavy atom. The van der Waals surface area contributed by atoms with Crippen LogP contribution in [0.15, 0.2) is 0 Å². The summed E-state index contributed by atoms with van der Waals surface area (Å²) >= 11 is 0. The van der Waals surface area contributed by atoms with Crippen molar-refractivity contribution in [2.75, 3.05) is 0 Å². The van der Waals surface area contributed by atoms with Crippen LogP contribution in [0.25, 0.3) is 0 Å². The van der Waals surface area contributed by atoms with Gasteiger partial charge < -0.3 is 36.9 Å². The summed E-state index contributed by atoms with van der Waals surface area (Å²) in [6, 6.07) is 0. The first kappa shape index (κ1) is 36.5. The van der Waals surface area contributed by atoms with Crippen molar-refractivity contribution in [2.45, 2.75) is 12.8 Å². The van der Waals surface area contributed by atoms with E-state index < -0.39 is 44.0 Å². The molecular formula is C6H14BF2LiO11. The van der Waals surface area contributed by atoms with Gasteiger partial charge in [-0.25, -0.2) is 0 Å². The summed E-state index contributed by atoms with van der Waals surface area (Å²) in [4.78, 5) is 37.7. The molecule has 0 saturated carbocycles. The minimum Gasteiger partial charge on any atom is -1.00 e. The van der Waals surface area contributed by atoms with Gasteiger partial charge in [0.25, 0.3) is 0 Å². The van der Waals surface area contributed by atoms with Gasteiger partial charge >= 0.3 is 50.1 Å². The van der Waals surface area contributed by atoms with Crippen LogP contribution in [0.3, 0.4) is 0 Å². The molecule has 0 aliphatic rings. The molecule has 0 aromatic carbocycles. The number of aliphatic carboxylic acids is 4. The molecule has 0 aromatic heterocycles. The summed E-state index contributed by atoms with van der Waals surface area (Å²) in [7, 11) is -2.17. The average molecular weight is 318 g/mol. The Balaban J connectivity index is -0.0000000290. The number of hydrogen-bond acceptors (Lipinski definition) is 7. The van der Waals surface area contributed by atoms with Crippen molar-refractivity contribution in [3.63, 3.8) is 0 Å². The number of halogens is 2. The van der Waals surface area contributed by atoms with E-state index >= 15 is 0 Å². The second-order valence-electron chi connectivity index (χ2n) is 2.27. The van der Waals surface area contributed by atoms with Gasteiger partial charge in [-0.15, -0.1) is 0 Å². The zero-order chi connectivity index (χ0) is 15.3. The van der Waals surface area contributed by atoms with Gasteiger partial charge in [0.2, 0.25) is 0 Å². The van der Waals surface area contributed by atoms with Crippen LogP contribution in [0.2, 0.25) is 0 Å². The minimum absolute atomic E-state index is 0. The molecule has 0 aliphatic heterocycles. The van der Waals surface area contributed by atoms with Crippen LogP contribution in [0.1, 0.15) is 14.3 Å². The first-order valence-corrected chi connectivity index (χ1v) is 3.90. The maximum Gasteiger partial charge on any atom is 1.00 e. The second kappa shape index (κ2) is 23.4. The summed E-state index contributed by atoms with van der Waals surface area (Å²) in [6.45, 7) is 0. The molecule has 15 heteroatoms. The van der Waals surface area contributed by atoms with Crippen LogP contribution in [-0.4, -0.2) is 66.7 Å². The largest absolute Gasteiger partial charge is 1.00 e. The van der Waals surface area contributed by atoms with Crippen LogP contribution in [0.5, 0.6) is 0 Å². The smallest absolute Gasteiger partial charge is 1.00 e. The van der Waals surface area contributed by atoms with E-state index in [1.165, 1.54) is 0 Å². The van der Waals surface area contributed by atoms with E-state index in [-0.39, 0.29) is 29.7 Å². The van der Waals surface area contributed by atoms with Gasteiger partial charge in [-0.2, -0.15) is 0 Å². The SMILES string of the molecule is F.F.O=C(O)CC(=O)O.O=C(O)CC(=O)O.OB(O)O.[H-].[Li+]. The van der Waals surface area contributed by atoms with Crippen molar-refractivity contribution in [1.29, 1.82) is 0 Å². The molecule has 0 amide bonds. The molecule has 0 saturated heterocycles. The Bertz CT molecular complexity index is 254. The number of rotatable bonds is 4. The van der Waals surface area contributed by atoms with Gasteiger partial charge in [0, 0.05) is 0 Å². The second-order valence-corrected chi connectivity index (χ2v) is 2.27. The maximum atomic E-state index is 9.43. The number of hydrogen-bond donors (Lipinski definition) is 7. The molecule has 0 spiro atoms. The predicted octanol–water partition coefficient (Wildman–Crippen LogP) is -5.54. The van der Waals surface area contributed by atoms with E-state index in [4.69, 9.17) is 35.5 Å². The maximum absolute atomic E-state index is 9.43. The van der Waals surface area contributed by atoms with E-state index in [2.05, 4.69) is 0 Å². The van der Waals surface area contributed by atoms with E-state index in [9.17, 15) is 19.2 Å². The third-order valence-corrected chi connectivity index (χ3v) is 0.605. The van der Waals surface area contributed by atoms with Crippen molar-refractivity contribution in [1.82, 2.24) is 0 Å². The molecule has 0 rings (SSSR count). The molecule has 0 radical (unpaired) electrons. The van der Waals surface area contributed by atoms with Crippen molar-refractivity contribution < 1.29 is 84.4 Å². The fourth-order valence-electron chi connectivity index (χ4n) is 0.259.